The van der Waals surface area contributed by atoms with Gasteiger partial charge >= 0.3 is 0 Å². The van der Waals surface area contributed by atoms with Gasteiger partial charge in [-0.1, -0.05) is 6.07 Å². The minimum Gasteiger partial charge on any atom is -0.308 e. The zero-order chi connectivity index (χ0) is 13.3. The molecule has 0 aliphatic carbocycles. The second-order valence-electron chi connectivity index (χ2n) is 4.61. The van der Waals surface area contributed by atoms with Gasteiger partial charge in [-0.15, -0.1) is 0 Å². The van der Waals surface area contributed by atoms with Crippen LogP contribution in [0.1, 0.15) is 22.4 Å². The van der Waals surface area contributed by atoms with E-state index in [0.29, 0.717) is 11.6 Å². The molecule has 1 aromatic carbocycles. The highest BCUT2D eigenvalue weighted by atomic mass is 15.3. The Morgan fingerprint density at radius 2 is 1.56 bits per heavy atom. The summed E-state index contributed by atoms with van der Waals surface area (Å²) in [7, 11) is 0. The Hall–Kier alpha value is -1.94. The van der Waals surface area contributed by atoms with Crippen molar-refractivity contribution in [2.75, 3.05) is 5.43 Å². The first-order chi connectivity index (χ1) is 8.51. The molecule has 94 valence electrons. The van der Waals surface area contributed by atoms with E-state index in [0.717, 1.165) is 11.3 Å². The summed E-state index contributed by atoms with van der Waals surface area (Å²) in [6.07, 6.45) is 0. The van der Waals surface area contributed by atoms with Gasteiger partial charge in [-0.25, -0.2) is 15.8 Å². The van der Waals surface area contributed by atoms with Crippen molar-refractivity contribution < 1.29 is 0 Å². The molecule has 1 heterocycles. The van der Waals surface area contributed by atoms with E-state index in [1.54, 1.807) is 0 Å². The van der Waals surface area contributed by atoms with Crippen LogP contribution in [-0.2, 0) is 0 Å². The van der Waals surface area contributed by atoms with Crippen LogP contribution >= 0.6 is 0 Å². The fourth-order valence-electron chi connectivity index (χ4n) is 1.96. The van der Waals surface area contributed by atoms with Gasteiger partial charge in [-0.3, -0.25) is 0 Å². The number of hydrazine groups is 1. The Kier molecular flexibility index (Phi) is 3.30. The number of nitrogen functional groups attached to an aromatic ring is 1. The van der Waals surface area contributed by atoms with Crippen molar-refractivity contribution in [1.82, 2.24) is 9.97 Å². The SMILES string of the molecule is Cc1cc(NN)nc(-c2cc(C)c(C)cc2C)n1. The van der Waals surface area contributed by atoms with Gasteiger partial charge in [0, 0.05) is 17.3 Å². The summed E-state index contributed by atoms with van der Waals surface area (Å²) >= 11 is 0. The number of rotatable bonds is 2. The van der Waals surface area contributed by atoms with E-state index < -0.39 is 0 Å². The molecule has 0 aliphatic heterocycles. The van der Waals surface area contributed by atoms with Crippen molar-refractivity contribution in [3.05, 3.63) is 40.6 Å². The Balaban J connectivity index is 2.61. The van der Waals surface area contributed by atoms with Crippen molar-refractivity contribution >= 4 is 5.82 Å². The molecule has 0 fully saturated rings. The summed E-state index contributed by atoms with van der Waals surface area (Å²) in [5.74, 6) is 6.76. The molecule has 0 bridgehead atoms. The minimum atomic E-state index is 0.634. The molecular weight excluding hydrogens is 224 g/mol. The van der Waals surface area contributed by atoms with Crippen molar-refractivity contribution in [2.24, 2.45) is 5.84 Å². The zero-order valence-electron chi connectivity index (χ0n) is 11.2. The van der Waals surface area contributed by atoms with Crippen LogP contribution in [0.2, 0.25) is 0 Å². The summed E-state index contributed by atoms with van der Waals surface area (Å²) in [5, 5.41) is 0. The average molecular weight is 242 g/mol. The van der Waals surface area contributed by atoms with Gasteiger partial charge < -0.3 is 5.43 Å². The third-order valence-electron chi connectivity index (χ3n) is 3.08. The maximum Gasteiger partial charge on any atom is 0.162 e. The number of hydrogen-bond acceptors (Lipinski definition) is 4. The zero-order valence-corrected chi connectivity index (χ0v) is 11.2. The van der Waals surface area contributed by atoms with E-state index >= 15 is 0 Å². The van der Waals surface area contributed by atoms with Gasteiger partial charge in [0.05, 0.1) is 0 Å². The lowest BCUT2D eigenvalue weighted by atomic mass is 10.0. The van der Waals surface area contributed by atoms with Crippen LogP contribution in [0.5, 0.6) is 0 Å². The van der Waals surface area contributed by atoms with E-state index in [1.165, 1.54) is 16.7 Å². The summed E-state index contributed by atoms with van der Waals surface area (Å²) in [6.45, 7) is 8.21. The molecule has 2 rings (SSSR count). The number of nitrogens with two attached hydrogens (primary N) is 1. The minimum absolute atomic E-state index is 0.634. The van der Waals surface area contributed by atoms with E-state index in [4.69, 9.17) is 5.84 Å². The van der Waals surface area contributed by atoms with E-state index in [-0.39, 0.29) is 0 Å². The van der Waals surface area contributed by atoms with Gasteiger partial charge in [0.2, 0.25) is 0 Å². The molecule has 2 aromatic rings. The molecule has 4 nitrogen and oxygen atoms in total. The number of nitrogens with zero attached hydrogens (tertiary/aromatic N) is 2. The summed E-state index contributed by atoms with van der Waals surface area (Å²) < 4.78 is 0. The Morgan fingerprint density at radius 3 is 2.22 bits per heavy atom. The number of anilines is 1. The fourth-order valence-corrected chi connectivity index (χ4v) is 1.96. The smallest absolute Gasteiger partial charge is 0.162 e. The van der Waals surface area contributed by atoms with Crippen molar-refractivity contribution in [3.8, 4) is 11.4 Å². The molecule has 0 saturated carbocycles. The number of nitrogens with one attached hydrogen (secondary N) is 1. The second-order valence-corrected chi connectivity index (χ2v) is 4.61. The first-order valence-corrected chi connectivity index (χ1v) is 5.92. The molecule has 0 atom stereocenters. The lowest BCUT2D eigenvalue weighted by Gasteiger charge is -2.10. The molecule has 1 aromatic heterocycles. The third kappa shape index (κ3) is 2.33. The molecule has 3 N–H and O–H groups in total. The Morgan fingerprint density at radius 1 is 0.889 bits per heavy atom. The molecular formula is C14H18N4. The first-order valence-electron chi connectivity index (χ1n) is 5.92. The van der Waals surface area contributed by atoms with Crippen molar-refractivity contribution in [3.63, 3.8) is 0 Å². The molecule has 0 radical (unpaired) electrons. The predicted molar refractivity (Wildman–Crippen MR) is 74.2 cm³/mol. The largest absolute Gasteiger partial charge is 0.308 e. The molecule has 0 saturated heterocycles. The monoisotopic (exact) mass is 242 g/mol. The van der Waals surface area contributed by atoms with Crippen LogP contribution < -0.4 is 11.3 Å². The Labute approximate surface area is 107 Å². The first kappa shape index (κ1) is 12.5. The van der Waals surface area contributed by atoms with Gasteiger partial charge in [0.1, 0.15) is 5.82 Å². The van der Waals surface area contributed by atoms with Crippen LogP contribution in [-0.4, -0.2) is 9.97 Å². The molecule has 0 spiro atoms. The molecule has 0 amide bonds. The van der Waals surface area contributed by atoms with E-state index in [2.05, 4.69) is 48.3 Å². The summed E-state index contributed by atoms with van der Waals surface area (Å²) in [5.41, 5.74) is 8.21. The van der Waals surface area contributed by atoms with E-state index in [9.17, 15) is 0 Å². The van der Waals surface area contributed by atoms with Crippen molar-refractivity contribution in [1.29, 1.82) is 0 Å². The van der Waals surface area contributed by atoms with Crippen molar-refractivity contribution in [2.45, 2.75) is 27.7 Å². The highest BCUT2D eigenvalue weighted by molar-refractivity contribution is 5.63. The van der Waals surface area contributed by atoms with Gasteiger partial charge in [0.15, 0.2) is 5.82 Å². The van der Waals surface area contributed by atoms with Crippen LogP contribution in [0.4, 0.5) is 5.82 Å². The molecule has 4 heteroatoms. The molecule has 18 heavy (non-hydrogen) atoms. The number of aromatic nitrogens is 2. The standard InChI is InChI=1S/C14H18N4/c1-8-5-10(3)12(6-9(8)2)14-16-11(4)7-13(17-14)18-15/h5-7H,15H2,1-4H3,(H,16,17,18). The molecule has 0 unspecified atom stereocenters. The average Bonchev–Trinajstić information content (AvgIpc) is 2.33. The predicted octanol–water partition coefficient (Wildman–Crippen LogP) is 2.66. The number of benzene rings is 1. The summed E-state index contributed by atoms with van der Waals surface area (Å²) in [6, 6.07) is 6.10. The number of hydrogen-bond donors (Lipinski definition) is 2. The third-order valence-corrected chi connectivity index (χ3v) is 3.08. The quantitative estimate of drug-likeness (QED) is 0.627. The van der Waals surface area contributed by atoms with Gasteiger partial charge in [0.25, 0.3) is 0 Å². The number of aryl methyl sites for hydroxylation is 4. The van der Waals surface area contributed by atoms with Crippen LogP contribution in [0.25, 0.3) is 11.4 Å². The fraction of sp³-hybridized carbons (Fsp3) is 0.286. The maximum absolute atomic E-state index is 5.42. The lowest BCUT2D eigenvalue weighted by Crippen LogP contribution is -2.10. The van der Waals surface area contributed by atoms with E-state index in [1.807, 2.05) is 13.0 Å². The summed E-state index contributed by atoms with van der Waals surface area (Å²) in [4.78, 5) is 8.88. The van der Waals surface area contributed by atoms with Crippen LogP contribution in [0.15, 0.2) is 18.2 Å². The lowest BCUT2D eigenvalue weighted by molar-refractivity contribution is 1.09. The highest BCUT2D eigenvalue weighted by Crippen LogP contribution is 2.24. The van der Waals surface area contributed by atoms with Gasteiger partial charge in [-0.05, 0) is 50.5 Å². The molecule has 0 aliphatic rings. The Bertz CT molecular complexity index is 591. The maximum atomic E-state index is 5.42. The highest BCUT2D eigenvalue weighted by Gasteiger charge is 2.09. The topological polar surface area (TPSA) is 63.8 Å². The second kappa shape index (κ2) is 4.74. The van der Waals surface area contributed by atoms with Gasteiger partial charge in [-0.2, -0.15) is 0 Å². The normalized spacial score (nSPS) is 10.5. The van der Waals surface area contributed by atoms with Crippen LogP contribution in [0, 0.1) is 27.7 Å². The van der Waals surface area contributed by atoms with Crippen LogP contribution in [0.3, 0.4) is 0 Å².